The third kappa shape index (κ3) is 2.82. The van der Waals surface area contributed by atoms with E-state index in [0.717, 1.165) is 6.07 Å². The Balaban J connectivity index is 2.65. The van der Waals surface area contributed by atoms with Gasteiger partial charge in [-0.3, -0.25) is 4.79 Å². The van der Waals surface area contributed by atoms with Crippen molar-refractivity contribution in [1.82, 2.24) is 9.97 Å². The van der Waals surface area contributed by atoms with Crippen LogP contribution < -0.4 is 5.56 Å². The molecule has 1 aromatic carbocycles. The Morgan fingerprint density at radius 1 is 1.30 bits per heavy atom. The SMILES string of the molecule is COCc1nc(-c2ccc(F)c(F)c2Br)[nH]c(=O)c1Br. The summed E-state index contributed by atoms with van der Waals surface area (Å²) >= 11 is 6.05. The predicted molar refractivity (Wildman–Crippen MR) is 76.3 cm³/mol. The van der Waals surface area contributed by atoms with Gasteiger partial charge in [-0.1, -0.05) is 0 Å². The topological polar surface area (TPSA) is 55.0 Å². The van der Waals surface area contributed by atoms with Gasteiger partial charge in [0.15, 0.2) is 11.6 Å². The van der Waals surface area contributed by atoms with Gasteiger partial charge in [-0.2, -0.15) is 0 Å². The minimum Gasteiger partial charge on any atom is -0.378 e. The molecule has 0 amide bonds. The molecule has 1 N–H and O–H groups in total. The van der Waals surface area contributed by atoms with Crippen molar-refractivity contribution in [3.63, 3.8) is 0 Å². The largest absolute Gasteiger partial charge is 0.378 e. The van der Waals surface area contributed by atoms with Crippen molar-refractivity contribution in [3.05, 3.63) is 48.8 Å². The van der Waals surface area contributed by atoms with Crippen LogP contribution in [0.5, 0.6) is 0 Å². The average Bonchev–Trinajstić information content (AvgIpc) is 2.41. The minimum atomic E-state index is -1.04. The Labute approximate surface area is 129 Å². The van der Waals surface area contributed by atoms with Gasteiger partial charge in [0.25, 0.3) is 5.56 Å². The summed E-state index contributed by atoms with van der Waals surface area (Å²) in [6.07, 6.45) is 0. The monoisotopic (exact) mass is 408 g/mol. The molecule has 106 valence electrons. The summed E-state index contributed by atoms with van der Waals surface area (Å²) in [6.45, 7) is 0.110. The Bertz CT molecular complexity index is 719. The van der Waals surface area contributed by atoms with Crippen LogP contribution in [-0.2, 0) is 11.3 Å². The number of benzene rings is 1. The Hall–Kier alpha value is -1.12. The fourth-order valence-corrected chi connectivity index (χ4v) is 2.39. The lowest BCUT2D eigenvalue weighted by Crippen LogP contribution is -2.14. The molecule has 1 heterocycles. The van der Waals surface area contributed by atoms with Crippen molar-refractivity contribution >= 4 is 31.9 Å². The quantitative estimate of drug-likeness (QED) is 0.790. The fraction of sp³-hybridized carbons (Fsp3) is 0.167. The zero-order chi connectivity index (χ0) is 14.9. The first-order valence-corrected chi connectivity index (χ1v) is 6.95. The third-order valence-corrected chi connectivity index (χ3v) is 4.10. The highest BCUT2D eigenvalue weighted by molar-refractivity contribution is 9.10. The molecule has 0 aliphatic rings. The van der Waals surface area contributed by atoms with Gasteiger partial charge < -0.3 is 9.72 Å². The van der Waals surface area contributed by atoms with Gasteiger partial charge in [0.05, 0.1) is 16.8 Å². The summed E-state index contributed by atoms with van der Waals surface area (Å²) in [5, 5.41) is 0. The summed E-state index contributed by atoms with van der Waals surface area (Å²) in [6, 6.07) is 2.29. The van der Waals surface area contributed by atoms with Gasteiger partial charge in [0, 0.05) is 12.7 Å². The van der Waals surface area contributed by atoms with Crippen LogP contribution in [0, 0.1) is 11.6 Å². The number of hydrogen-bond acceptors (Lipinski definition) is 3. The summed E-state index contributed by atoms with van der Waals surface area (Å²) in [7, 11) is 1.46. The number of hydrogen-bond donors (Lipinski definition) is 1. The van der Waals surface area contributed by atoms with Gasteiger partial charge in [-0.15, -0.1) is 0 Å². The van der Waals surface area contributed by atoms with Gasteiger partial charge in [0.2, 0.25) is 0 Å². The second-order valence-electron chi connectivity index (χ2n) is 3.83. The smallest absolute Gasteiger partial charge is 0.265 e. The van der Waals surface area contributed by atoms with Crippen molar-refractivity contribution < 1.29 is 13.5 Å². The average molecular weight is 410 g/mol. The normalized spacial score (nSPS) is 10.8. The molecule has 2 aromatic rings. The Morgan fingerprint density at radius 3 is 2.65 bits per heavy atom. The second-order valence-corrected chi connectivity index (χ2v) is 5.42. The molecule has 0 aliphatic carbocycles. The lowest BCUT2D eigenvalue weighted by Gasteiger charge is -2.08. The van der Waals surface area contributed by atoms with Crippen molar-refractivity contribution in [1.29, 1.82) is 0 Å². The number of methoxy groups -OCH3 is 1. The van der Waals surface area contributed by atoms with Crippen LogP contribution in [0.3, 0.4) is 0 Å². The van der Waals surface area contributed by atoms with Crippen LogP contribution >= 0.6 is 31.9 Å². The van der Waals surface area contributed by atoms with E-state index in [1.807, 2.05) is 0 Å². The van der Waals surface area contributed by atoms with Gasteiger partial charge >= 0.3 is 0 Å². The zero-order valence-electron chi connectivity index (χ0n) is 10.1. The molecular weight excluding hydrogens is 402 g/mol. The van der Waals surface area contributed by atoms with Crippen LogP contribution in [0.25, 0.3) is 11.4 Å². The highest BCUT2D eigenvalue weighted by Crippen LogP contribution is 2.29. The Kier molecular flexibility index (Phi) is 4.66. The van der Waals surface area contributed by atoms with E-state index in [1.54, 1.807) is 0 Å². The van der Waals surface area contributed by atoms with Crippen molar-refractivity contribution in [2.45, 2.75) is 6.61 Å². The first-order chi connectivity index (χ1) is 9.45. The van der Waals surface area contributed by atoms with Gasteiger partial charge in [-0.25, -0.2) is 13.8 Å². The maximum Gasteiger partial charge on any atom is 0.265 e. The summed E-state index contributed by atoms with van der Waals surface area (Å²) in [5.41, 5.74) is 0.174. The van der Waals surface area contributed by atoms with E-state index < -0.39 is 17.2 Å². The minimum absolute atomic E-state index is 0.105. The van der Waals surface area contributed by atoms with E-state index in [2.05, 4.69) is 41.8 Å². The molecule has 0 bridgehead atoms. The lowest BCUT2D eigenvalue weighted by molar-refractivity contribution is 0.180. The van der Waals surface area contributed by atoms with Crippen molar-refractivity contribution in [2.24, 2.45) is 0 Å². The summed E-state index contributed by atoms with van der Waals surface area (Å²) < 4.78 is 31.7. The molecule has 0 unspecified atom stereocenters. The number of aromatic amines is 1. The molecule has 2 rings (SSSR count). The number of aromatic nitrogens is 2. The lowest BCUT2D eigenvalue weighted by atomic mass is 10.2. The molecule has 4 nitrogen and oxygen atoms in total. The fourth-order valence-electron chi connectivity index (χ4n) is 1.57. The van der Waals surface area contributed by atoms with Crippen LogP contribution in [0.15, 0.2) is 25.9 Å². The van der Waals surface area contributed by atoms with Gasteiger partial charge in [-0.05, 0) is 44.0 Å². The number of H-pyrrole nitrogens is 1. The zero-order valence-corrected chi connectivity index (χ0v) is 13.3. The molecule has 0 fully saturated rings. The molecule has 0 radical (unpaired) electrons. The highest BCUT2D eigenvalue weighted by atomic mass is 79.9. The molecule has 0 atom stereocenters. The summed E-state index contributed by atoms with van der Waals surface area (Å²) in [4.78, 5) is 18.5. The highest BCUT2D eigenvalue weighted by Gasteiger charge is 2.16. The van der Waals surface area contributed by atoms with E-state index in [9.17, 15) is 13.6 Å². The summed E-state index contributed by atoms with van der Waals surface area (Å²) in [5.74, 6) is -1.91. The number of halogens is 4. The maximum absolute atomic E-state index is 13.5. The number of nitrogens with zero attached hydrogens (tertiary/aromatic N) is 1. The molecule has 1 aromatic heterocycles. The number of rotatable bonds is 3. The molecule has 0 saturated heterocycles. The molecule has 0 aliphatic heterocycles. The Morgan fingerprint density at radius 2 is 2.00 bits per heavy atom. The van der Waals surface area contributed by atoms with E-state index in [1.165, 1.54) is 13.2 Å². The van der Waals surface area contributed by atoms with E-state index in [0.29, 0.717) is 5.69 Å². The van der Waals surface area contributed by atoms with Crippen LogP contribution in [0.1, 0.15) is 5.69 Å². The van der Waals surface area contributed by atoms with Crippen LogP contribution in [0.2, 0.25) is 0 Å². The predicted octanol–water partition coefficient (Wildman–Crippen LogP) is 3.39. The van der Waals surface area contributed by atoms with Crippen molar-refractivity contribution in [3.8, 4) is 11.4 Å². The first-order valence-electron chi connectivity index (χ1n) is 5.37. The standard InChI is InChI=1S/C12H8Br2F2N2O2/c1-20-4-7-9(14)12(19)18-11(17-7)5-2-3-6(15)10(16)8(5)13/h2-3H,4H2,1H3,(H,17,18,19). The van der Waals surface area contributed by atoms with E-state index in [-0.39, 0.29) is 26.9 Å². The second kappa shape index (κ2) is 6.11. The molecular formula is C12H8Br2F2N2O2. The number of ether oxygens (including phenoxy) is 1. The third-order valence-electron chi connectivity index (χ3n) is 2.50. The van der Waals surface area contributed by atoms with Crippen molar-refractivity contribution in [2.75, 3.05) is 7.11 Å². The molecule has 8 heteroatoms. The molecule has 20 heavy (non-hydrogen) atoms. The first kappa shape index (κ1) is 15.3. The van der Waals surface area contributed by atoms with Crippen LogP contribution in [-0.4, -0.2) is 17.1 Å². The molecule has 0 spiro atoms. The van der Waals surface area contributed by atoms with E-state index in [4.69, 9.17) is 4.74 Å². The molecule has 0 saturated carbocycles. The van der Waals surface area contributed by atoms with Crippen LogP contribution in [0.4, 0.5) is 8.78 Å². The van der Waals surface area contributed by atoms with Gasteiger partial charge in [0.1, 0.15) is 10.3 Å². The number of nitrogens with one attached hydrogen (secondary N) is 1. The maximum atomic E-state index is 13.5. The van der Waals surface area contributed by atoms with E-state index >= 15 is 0 Å².